The first-order valence-electron chi connectivity index (χ1n) is 9.98. The number of halogens is 4. The molecule has 4 rings (SSSR count). The molecule has 0 unspecified atom stereocenters. The molecule has 172 valence electrons. The second kappa shape index (κ2) is 8.43. The van der Waals surface area contributed by atoms with Crippen molar-refractivity contribution in [3.8, 4) is 16.9 Å². The van der Waals surface area contributed by atoms with E-state index < -0.39 is 23.8 Å². The van der Waals surface area contributed by atoms with Gasteiger partial charge in [0.05, 0.1) is 5.69 Å². The maximum atomic E-state index is 14.9. The van der Waals surface area contributed by atoms with Crippen molar-refractivity contribution in [3.63, 3.8) is 0 Å². The number of aryl methyl sites for hydroxylation is 1. The molecule has 0 saturated carbocycles. The molecule has 0 fully saturated rings. The number of ether oxygens (including phenoxy) is 1. The average Bonchev–Trinajstić information content (AvgIpc) is 3.02. The lowest BCUT2D eigenvalue weighted by Gasteiger charge is -2.15. The number of rotatable bonds is 6. The first-order valence-corrected chi connectivity index (χ1v) is 9.98. The molecule has 0 aliphatic carbocycles. The summed E-state index contributed by atoms with van der Waals surface area (Å²) >= 11 is 0. The fourth-order valence-electron chi connectivity index (χ4n) is 3.52. The van der Waals surface area contributed by atoms with Crippen LogP contribution < -0.4 is 4.74 Å². The summed E-state index contributed by atoms with van der Waals surface area (Å²) in [6.45, 7) is 1.69. The number of imidazole rings is 1. The molecule has 3 aromatic heterocycles. The third kappa shape index (κ3) is 4.65. The van der Waals surface area contributed by atoms with Gasteiger partial charge in [0, 0.05) is 53.5 Å². The Kier molecular flexibility index (Phi) is 5.79. The average molecular weight is 460 g/mol. The third-order valence-corrected chi connectivity index (χ3v) is 5.12. The summed E-state index contributed by atoms with van der Waals surface area (Å²) in [4.78, 5) is 12.6. The maximum Gasteiger partial charge on any atom is 0.387 e. The predicted octanol–water partition coefficient (Wildman–Crippen LogP) is 4.80. The Labute approximate surface area is 186 Å². The number of hydrogen-bond acceptors (Lipinski definition) is 5. The molecule has 0 amide bonds. The molecule has 0 saturated heterocycles. The Hall–Kier alpha value is -3.53. The van der Waals surface area contributed by atoms with Gasteiger partial charge < -0.3 is 14.2 Å². The molecule has 4 aromatic rings. The number of aromatic nitrogens is 4. The molecule has 6 nitrogen and oxygen atoms in total. The van der Waals surface area contributed by atoms with E-state index in [0.29, 0.717) is 22.6 Å². The molecular weight excluding hydrogens is 440 g/mol. The highest BCUT2D eigenvalue weighted by Crippen LogP contribution is 2.29. The van der Waals surface area contributed by atoms with Crippen LogP contribution in [0.3, 0.4) is 0 Å². The lowest BCUT2D eigenvalue weighted by atomic mass is 10.1. The van der Waals surface area contributed by atoms with Crippen LogP contribution >= 0.6 is 0 Å². The predicted molar refractivity (Wildman–Crippen MR) is 112 cm³/mol. The van der Waals surface area contributed by atoms with E-state index in [4.69, 9.17) is 0 Å². The summed E-state index contributed by atoms with van der Waals surface area (Å²) in [6.07, 6.45) is 4.31. The van der Waals surface area contributed by atoms with Crippen LogP contribution in [0.2, 0.25) is 0 Å². The van der Waals surface area contributed by atoms with Crippen LogP contribution in [-0.4, -0.2) is 31.1 Å². The van der Waals surface area contributed by atoms with Crippen LogP contribution in [0.25, 0.3) is 16.8 Å². The lowest BCUT2D eigenvalue weighted by molar-refractivity contribution is -0.0504. The van der Waals surface area contributed by atoms with Crippen LogP contribution in [0.15, 0.2) is 42.9 Å². The summed E-state index contributed by atoms with van der Waals surface area (Å²) in [5.41, 5.74) is 0.851. The normalized spacial score (nSPS) is 12.0. The van der Waals surface area contributed by atoms with Crippen LogP contribution in [-0.2, 0) is 12.0 Å². The second-order valence-corrected chi connectivity index (χ2v) is 8.07. The van der Waals surface area contributed by atoms with Gasteiger partial charge in [-0.05, 0) is 39.0 Å². The number of aliphatic hydroxyl groups is 1. The van der Waals surface area contributed by atoms with Crippen LogP contribution in [0, 0.1) is 18.6 Å². The Bertz CT molecular complexity index is 1320. The smallest absolute Gasteiger partial charge is 0.387 e. The Morgan fingerprint density at radius 1 is 1.12 bits per heavy atom. The van der Waals surface area contributed by atoms with Crippen molar-refractivity contribution in [3.05, 3.63) is 77.3 Å². The molecule has 0 aliphatic heterocycles. The van der Waals surface area contributed by atoms with Crippen molar-refractivity contribution >= 4 is 5.65 Å². The Balaban J connectivity index is 1.79. The monoisotopic (exact) mass is 460 g/mol. The number of benzene rings is 1. The molecule has 1 N–H and O–H groups in total. The minimum Gasteiger partial charge on any atom is -0.435 e. The SMILES string of the molecule is Cc1nc2cc(F)c(-c3cnc(C(C)(C)O)nc3)cn2c1Cc1cc(F)ccc1OC(F)F. The van der Waals surface area contributed by atoms with Crippen molar-refractivity contribution in [2.24, 2.45) is 0 Å². The number of fused-ring (bicyclic) bond motifs is 1. The molecule has 0 atom stereocenters. The largest absolute Gasteiger partial charge is 0.435 e. The zero-order valence-corrected chi connectivity index (χ0v) is 18.0. The van der Waals surface area contributed by atoms with Gasteiger partial charge in [-0.15, -0.1) is 0 Å². The van der Waals surface area contributed by atoms with Crippen molar-refractivity contribution in [2.45, 2.75) is 39.4 Å². The van der Waals surface area contributed by atoms with E-state index in [-0.39, 0.29) is 29.1 Å². The van der Waals surface area contributed by atoms with E-state index in [1.165, 1.54) is 38.5 Å². The van der Waals surface area contributed by atoms with Gasteiger partial charge in [0.25, 0.3) is 0 Å². The molecule has 0 radical (unpaired) electrons. The molecule has 0 bridgehead atoms. The van der Waals surface area contributed by atoms with Crippen LogP contribution in [0.5, 0.6) is 5.75 Å². The van der Waals surface area contributed by atoms with E-state index in [9.17, 15) is 22.7 Å². The summed E-state index contributed by atoms with van der Waals surface area (Å²) < 4.78 is 60.4. The Morgan fingerprint density at radius 3 is 2.45 bits per heavy atom. The highest BCUT2D eigenvalue weighted by Gasteiger charge is 2.21. The number of pyridine rings is 1. The fraction of sp³-hybridized carbons (Fsp3) is 0.261. The minimum atomic E-state index is -3.06. The van der Waals surface area contributed by atoms with E-state index in [1.807, 2.05) is 0 Å². The van der Waals surface area contributed by atoms with Crippen molar-refractivity contribution in [1.29, 1.82) is 0 Å². The van der Waals surface area contributed by atoms with Gasteiger partial charge in [0.15, 0.2) is 5.82 Å². The molecule has 3 heterocycles. The number of hydrogen-bond donors (Lipinski definition) is 1. The topological polar surface area (TPSA) is 72.5 Å². The van der Waals surface area contributed by atoms with E-state index in [2.05, 4.69) is 19.7 Å². The first-order chi connectivity index (χ1) is 15.5. The van der Waals surface area contributed by atoms with Gasteiger partial charge in [-0.3, -0.25) is 0 Å². The van der Waals surface area contributed by atoms with Gasteiger partial charge in [0.2, 0.25) is 0 Å². The lowest BCUT2D eigenvalue weighted by Crippen LogP contribution is -2.19. The fourth-order valence-corrected chi connectivity index (χ4v) is 3.52. The van der Waals surface area contributed by atoms with Crippen LogP contribution in [0.4, 0.5) is 17.6 Å². The standard InChI is InChI=1S/C23H20F4N4O2/c1-12-18(7-13-6-15(24)4-5-19(13)33-22(26)27)31-11-16(17(25)8-20(31)30-12)14-9-28-21(29-10-14)23(2,3)32/h4-6,8-11,22,32H,7H2,1-3H3. The first kappa shape index (κ1) is 22.7. The quantitative estimate of drug-likeness (QED) is 0.419. The van der Waals surface area contributed by atoms with Crippen molar-refractivity contribution in [1.82, 2.24) is 19.4 Å². The molecule has 10 heteroatoms. The van der Waals surface area contributed by atoms with Gasteiger partial charge in [0.1, 0.15) is 28.6 Å². The van der Waals surface area contributed by atoms with Gasteiger partial charge >= 0.3 is 6.61 Å². The summed E-state index contributed by atoms with van der Waals surface area (Å²) in [6, 6.07) is 4.53. The highest BCUT2D eigenvalue weighted by molar-refractivity contribution is 5.64. The molecule has 33 heavy (non-hydrogen) atoms. The summed E-state index contributed by atoms with van der Waals surface area (Å²) in [5.74, 6) is -1.14. The van der Waals surface area contributed by atoms with Gasteiger partial charge in [-0.1, -0.05) is 0 Å². The Morgan fingerprint density at radius 2 is 1.82 bits per heavy atom. The number of nitrogens with zero attached hydrogens (tertiary/aromatic N) is 4. The van der Waals surface area contributed by atoms with Gasteiger partial charge in [-0.25, -0.2) is 23.7 Å². The second-order valence-electron chi connectivity index (χ2n) is 8.07. The van der Waals surface area contributed by atoms with Crippen molar-refractivity contribution in [2.75, 3.05) is 0 Å². The zero-order chi connectivity index (χ0) is 23.9. The van der Waals surface area contributed by atoms with Crippen molar-refractivity contribution < 1.29 is 27.4 Å². The van der Waals surface area contributed by atoms with E-state index in [1.54, 1.807) is 11.3 Å². The van der Waals surface area contributed by atoms with E-state index in [0.717, 1.165) is 18.2 Å². The van der Waals surface area contributed by atoms with E-state index >= 15 is 0 Å². The summed E-state index contributed by atoms with van der Waals surface area (Å²) in [5, 5.41) is 10.0. The zero-order valence-electron chi connectivity index (χ0n) is 18.0. The number of alkyl halides is 2. The third-order valence-electron chi connectivity index (χ3n) is 5.12. The highest BCUT2D eigenvalue weighted by atomic mass is 19.3. The molecule has 0 aliphatic rings. The molecule has 0 spiro atoms. The molecule has 1 aromatic carbocycles. The van der Waals surface area contributed by atoms with Crippen LogP contribution in [0.1, 0.15) is 36.6 Å². The maximum absolute atomic E-state index is 14.9. The summed E-state index contributed by atoms with van der Waals surface area (Å²) in [7, 11) is 0. The van der Waals surface area contributed by atoms with Gasteiger partial charge in [-0.2, -0.15) is 8.78 Å². The minimum absolute atomic E-state index is 0.0199. The molecular formula is C23H20F4N4O2.